The van der Waals surface area contributed by atoms with E-state index in [0.29, 0.717) is 37.2 Å². The average Bonchev–Trinajstić information content (AvgIpc) is 2.69. The second-order valence-corrected chi connectivity index (χ2v) is 7.12. The van der Waals surface area contributed by atoms with Gasteiger partial charge in [-0.2, -0.15) is 0 Å². The fourth-order valence-electron chi connectivity index (χ4n) is 3.08. The summed E-state index contributed by atoms with van der Waals surface area (Å²) in [4.78, 5) is 27.0. The molecule has 0 spiro atoms. The van der Waals surface area contributed by atoms with Gasteiger partial charge in [0, 0.05) is 29.2 Å². The predicted octanol–water partition coefficient (Wildman–Crippen LogP) is 3.95. The number of benzene rings is 2. The van der Waals surface area contributed by atoms with Crippen LogP contribution in [0.1, 0.15) is 23.2 Å². The molecular weight excluding hydrogens is 396 g/mol. The molecule has 1 heterocycles. The molecule has 1 aliphatic rings. The number of amides is 2. The Kier molecular flexibility index (Phi) is 5.93. The van der Waals surface area contributed by atoms with Gasteiger partial charge in [-0.05, 0) is 59.1 Å². The minimum atomic E-state index is -0.0759. The largest absolute Gasteiger partial charge is 0.497 e. The highest BCUT2D eigenvalue weighted by molar-refractivity contribution is 9.10. The minimum Gasteiger partial charge on any atom is -0.497 e. The number of piperidine rings is 1. The van der Waals surface area contributed by atoms with E-state index in [4.69, 9.17) is 4.74 Å². The van der Waals surface area contributed by atoms with Crippen molar-refractivity contribution in [1.29, 1.82) is 0 Å². The molecule has 1 N–H and O–H groups in total. The van der Waals surface area contributed by atoms with Crippen molar-refractivity contribution >= 4 is 33.4 Å². The van der Waals surface area contributed by atoms with Gasteiger partial charge in [0.25, 0.3) is 5.91 Å². The maximum absolute atomic E-state index is 12.8. The molecule has 0 aliphatic carbocycles. The van der Waals surface area contributed by atoms with Gasteiger partial charge >= 0.3 is 0 Å². The Morgan fingerprint density at radius 2 is 1.81 bits per heavy atom. The number of hydrogen-bond donors (Lipinski definition) is 1. The number of likely N-dealkylation sites (tertiary alicyclic amines) is 1. The van der Waals surface area contributed by atoms with Crippen LogP contribution in [0.2, 0.25) is 0 Å². The molecule has 0 saturated carbocycles. The molecule has 2 aromatic carbocycles. The number of halogens is 1. The summed E-state index contributed by atoms with van der Waals surface area (Å²) in [7, 11) is 1.58. The van der Waals surface area contributed by atoms with Crippen molar-refractivity contribution in [3.63, 3.8) is 0 Å². The van der Waals surface area contributed by atoms with Crippen LogP contribution in [0, 0.1) is 5.92 Å². The Bertz CT molecular complexity index is 787. The fraction of sp³-hybridized carbons (Fsp3) is 0.300. The van der Waals surface area contributed by atoms with Gasteiger partial charge in [0.2, 0.25) is 5.91 Å². The Balaban J connectivity index is 1.59. The fourth-order valence-corrected chi connectivity index (χ4v) is 3.49. The molecule has 0 bridgehead atoms. The number of carbonyl (C=O) groups excluding carboxylic acids is 2. The summed E-state index contributed by atoms with van der Waals surface area (Å²) >= 11 is 3.43. The average molecular weight is 417 g/mol. The van der Waals surface area contributed by atoms with E-state index in [1.165, 1.54) is 0 Å². The summed E-state index contributed by atoms with van der Waals surface area (Å²) in [6.45, 7) is 1.13. The molecule has 136 valence electrons. The van der Waals surface area contributed by atoms with Crippen LogP contribution in [0.4, 0.5) is 5.69 Å². The van der Waals surface area contributed by atoms with Crippen molar-refractivity contribution in [3.05, 3.63) is 58.6 Å². The molecule has 2 amide bonds. The molecule has 0 unspecified atom stereocenters. The molecule has 0 aromatic heterocycles. The van der Waals surface area contributed by atoms with Crippen molar-refractivity contribution < 1.29 is 14.3 Å². The molecule has 1 saturated heterocycles. The molecular formula is C20H21BrN2O3. The summed E-state index contributed by atoms with van der Waals surface area (Å²) in [6, 6.07) is 14.8. The van der Waals surface area contributed by atoms with Crippen molar-refractivity contribution in [2.24, 2.45) is 5.92 Å². The standard InChI is InChI=1S/C20H21BrN2O3/c1-26-16-7-8-18(21)17(13-16)20(25)23-11-9-14(10-12-23)19(24)22-15-5-3-2-4-6-15/h2-8,13-14H,9-12H2,1H3,(H,22,24). The van der Waals surface area contributed by atoms with Gasteiger partial charge in [-0.25, -0.2) is 0 Å². The first-order valence-electron chi connectivity index (χ1n) is 8.57. The maximum Gasteiger partial charge on any atom is 0.255 e. The van der Waals surface area contributed by atoms with E-state index >= 15 is 0 Å². The lowest BCUT2D eigenvalue weighted by Gasteiger charge is -2.31. The van der Waals surface area contributed by atoms with E-state index in [0.717, 1.165) is 10.2 Å². The molecule has 1 fully saturated rings. The number of anilines is 1. The highest BCUT2D eigenvalue weighted by Crippen LogP contribution is 2.26. The van der Waals surface area contributed by atoms with Gasteiger partial charge in [0.15, 0.2) is 0 Å². The van der Waals surface area contributed by atoms with Crippen LogP contribution in [0.15, 0.2) is 53.0 Å². The molecule has 2 aromatic rings. The summed E-state index contributed by atoms with van der Waals surface area (Å²) in [5.41, 5.74) is 1.38. The Labute approximate surface area is 161 Å². The van der Waals surface area contributed by atoms with Crippen LogP contribution in [0.5, 0.6) is 5.75 Å². The zero-order valence-corrected chi connectivity index (χ0v) is 16.2. The number of methoxy groups -OCH3 is 1. The lowest BCUT2D eigenvalue weighted by molar-refractivity contribution is -0.121. The van der Waals surface area contributed by atoms with Gasteiger partial charge in [-0.3, -0.25) is 9.59 Å². The minimum absolute atomic E-state index is 0.0193. The summed E-state index contributed by atoms with van der Waals surface area (Å²) in [5, 5.41) is 2.95. The van der Waals surface area contributed by atoms with Crippen LogP contribution >= 0.6 is 15.9 Å². The first kappa shape index (κ1) is 18.5. The smallest absolute Gasteiger partial charge is 0.255 e. The highest BCUT2D eigenvalue weighted by atomic mass is 79.9. The van der Waals surface area contributed by atoms with Crippen LogP contribution < -0.4 is 10.1 Å². The van der Waals surface area contributed by atoms with E-state index < -0.39 is 0 Å². The number of nitrogens with zero attached hydrogens (tertiary/aromatic N) is 1. The number of hydrogen-bond acceptors (Lipinski definition) is 3. The van der Waals surface area contributed by atoms with E-state index in [1.807, 2.05) is 36.4 Å². The Morgan fingerprint density at radius 3 is 2.46 bits per heavy atom. The van der Waals surface area contributed by atoms with Crippen molar-refractivity contribution in [2.45, 2.75) is 12.8 Å². The zero-order valence-electron chi connectivity index (χ0n) is 14.6. The first-order valence-corrected chi connectivity index (χ1v) is 9.36. The first-order chi connectivity index (χ1) is 12.6. The quantitative estimate of drug-likeness (QED) is 0.820. The van der Waals surface area contributed by atoms with Crippen LogP contribution in [-0.2, 0) is 4.79 Å². The third-order valence-electron chi connectivity index (χ3n) is 4.60. The van der Waals surface area contributed by atoms with Gasteiger partial charge in [-0.1, -0.05) is 18.2 Å². The number of para-hydroxylation sites is 1. The highest BCUT2D eigenvalue weighted by Gasteiger charge is 2.28. The van der Waals surface area contributed by atoms with E-state index in [-0.39, 0.29) is 17.7 Å². The SMILES string of the molecule is COc1ccc(Br)c(C(=O)N2CCC(C(=O)Nc3ccccc3)CC2)c1. The lowest BCUT2D eigenvalue weighted by atomic mass is 9.95. The Morgan fingerprint density at radius 1 is 1.12 bits per heavy atom. The van der Waals surface area contributed by atoms with Crippen LogP contribution in [0.25, 0.3) is 0 Å². The molecule has 5 nitrogen and oxygen atoms in total. The molecule has 0 atom stereocenters. The van der Waals surface area contributed by atoms with Gasteiger partial charge in [0.1, 0.15) is 5.75 Å². The number of rotatable bonds is 4. The second kappa shape index (κ2) is 8.36. The summed E-state index contributed by atoms with van der Waals surface area (Å²) in [5.74, 6) is 0.547. The van der Waals surface area contributed by atoms with E-state index in [9.17, 15) is 9.59 Å². The number of carbonyl (C=O) groups is 2. The van der Waals surface area contributed by atoms with Gasteiger partial charge in [-0.15, -0.1) is 0 Å². The third kappa shape index (κ3) is 4.25. The van der Waals surface area contributed by atoms with Gasteiger partial charge in [0.05, 0.1) is 12.7 Å². The Hall–Kier alpha value is -2.34. The van der Waals surface area contributed by atoms with E-state index in [1.54, 1.807) is 24.1 Å². The molecule has 3 rings (SSSR count). The molecule has 26 heavy (non-hydrogen) atoms. The van der Waals surface area contributed by atoms with Crippen molar-refractivity contribution in [2.75, 3.05) is 25.5 Å². The summed E-state index contributed by atoms with van der Waals surface area (Å²) < 4.78 is 5.95. The lowest BCUT2D eigenvalue weighted by Crippen LogP contribution is -2.41. The topological polar surface area (TPSA) is 58.6 Å². The molecule has 6 heteroatoms. The monoisotopic (exact) mass is 416 g/mol. The number of nitrogens with one attached hydrogen (secondary N) is 1. The van der Waals surface area contributed by atoms with Crippen molar-refractivity contribution in [3.8, 4) is 5.75 Å². The molecule has 1 aliphatic heterocycles. The zero-order chi connectivity index (χ0) is 18.5. The predicted molar refractivity (Wildman–Crippen MR) is 104 cm³/mol. The van der Waals surface area contributed by atoms with Crippen LogP contribution in [-0.4, -0.2) is 36.9 Å². The third-order valence-corrected chi connectivity index (χ3v) is 5.29. The normalized spacial score (nSPS) is 14.8. The number of ether oxygens (including phenoxy) is 1. The summed E-state index contributed by atoms with van der Waals surface area (Å²) in [6.07, 6.45) is 1.32. The van der Waals surface area contributed by atoms with Gasteiger partial charge < -0.3 is 15.0 Å². The molecule has 0 radical (unpaired) electrons. The second-order valence-electron chi connectivity index (χ2n) is 6.27. The van der Waals surface area contributed by atoms with E-state index in [2.05, 4.69) is 21.2 Å². The van der Waals surface area contributed by atoms with Crippen LogP contribution in [0.3, 0.4) is 0 Å². The maximum atomic E-state index is 12.8. The van der Waals surface area contributed by atoms with Crippen molar-refractivity contribution in [1.82, 2.24) is 4.90 Å².